The standard InChI is InChI=1S/C26H22Br3N3O3/c1-3-4-24-31-22-10-9-19(28)13-20(22)26(33)32(24)30-14-17-11-21(29)25(23(12-17)34-2)35-15-16-5-7-18(27)8-6-16/h5-14H,3-4,15H2,1-2H3. The normalized spacial score (nSPS) is 11.3. The maximum Gasteiger partial charge on any atom is 0.282 e. The van der Waals surface area contributed by atoms with E-state index in [1.807, 2.05) is 55.5 Å². The summed E-state index contributed by atoms with van der Waals surface area (Å²) in [7, 11) is 1.59. The predicted molar refractivity (Wildman–Crippen MR) is 150 cm³/mol. The van der Waals surface area contributed by atoms with Crippen LogP contribution in [-0.4, -0.2) is 23.0 Å². The number of halogens is 3. The minimum absolute atomic E-state index is 0.212. The van der Waals surface area contributed by atoms with Crippen LogP contribution in [0.25, 0.3) is 10.9 Å². The predicted octanol–water partition coefficient (Wildman–Crippen LogP) is 7.11. The van der Waals surface area contributed by atoms with Gasteiger partial charge in [-0.3, -0.25) is 4.79 Å². The van der Waals surface area contributed by atoms with E-state index in [-0.39, 0.29) is 5.56 Å². The number of hydrogen-bond donors (Lipinski definition) is 0. The third-order valence-electron chi connectivity index (χ3n) is 5.22. The Labute approximate surface area is 228 Å². The van der Waals surface area contributed by atoms with Crippen molar-refractivity contribution in [2.24, 2.45) is 5.10 Å². The number of methoxy groups -OCH3 is 1. The van der Waals surface area contributed by atoms with Crippen molar-refractivity contribution in [2.45, 2.75) is 26.4 Å². The van der Waals surface area contributed by atoms with Gasteiger partial charge >= 0.3 is 0 Å². The minimum atomic E-state index is -0.212. The molecule has 0 amide bonds. The van der Waals surface area contributed by atoms with E-state index < -0.39 is 0 Å². The second-order valence-electron chi connectivity index (χ2n) is 7.75. The molecule has 0 bridgehead atoms. The highest BCUT2D eigenvalue weighted by atomic mass is 79.9. The number of hydrogen-bond acceptors (Lipinski definition) is 5. The molecule has 0 radical (unpaired) electrons. The van der Waals surface area contributed by atoms with Crippen molar-refractivity contribution in [1.29, 1.82) is 0 Å². The molecule has 35 heavy (non-hydrogen) atoms. The third-order valence-corrected chi connectivity index (χ3v) is 6.83. The number of ether oxygens (including phenoxy) is 2. The SMILES string of the molecule is CCCc1nc2ccc(Br)cc2c(=O)n1N=Cc1cc(Br)c(OCc2ccc(Br)cc2)c(OC)c1. The summed E-state index contributed by atoms with van der Waals surface area (Å²) in [6, 6.07) is 17.1. The summed E-state index contributed by atoms with van der Waals surface area (Å²) in [4.78, 5) is 17.9. The van der Waals surface area contributed by atoms with E-state index in [2.05, 4.69) is 57.9 Å². The van der Waals surface area contributed by atoms with Gasteiger partial charge in [-0.05, 0) is 75.9 Å². The van der Waals surface area contributed by atoms with Crippen molar-refractivity contribution >= 4 is 64.9 Å². The van der Waals surface area contributed by atoms with Gasteiger partial charge < -0.3 is 9.47 Å². The molecule has 4 rings (SSSR count). The molecule has 0 saturated carbocycles. The quantitative estimate of drug-likeness (QED) is 0.189. The first-order chi connectivity index (χ1) is 16.9. The zero-order valence-electron chi connectivity index (χ0n) is 19.1. The molecule has 0 fully saturated rings. The molecule has 0 spiro atoms. The monoisotopic (exact) mass is 661 g/mol. The van der Waals surface area contributed by atoms with Crippen LogP contribution in [0.3, 0.4) is 0 Å². The van der Waals surface area contributed by atoms with Crippen molar-refractivity contribution in [2.75, 3.05) is 7.11 Å². The number of fused-ring (bicyclic) bond motifs is 1. The Bertz CT molecular complexity index is 1450. The van der Waals surface area contributed by atoms with Crippen molar-refractivity contribution in [1.82, 2.24) is 9.66 Å². The van der Waals surface area contributed by atoms with E-state index in [4.69, 9.17) is 9.47 Å². The molecule has 1 heterocycles. The van der Waals surface area contributed by atoms with Gasteiger partial charge in [-0.15, -0.1) is 0 Å². The smallest absolute Gasteiger partial charge is 0.282 e. The molecule has 0 unspecified atom stereocenters. The van der Waals surface area contributed by atoms with E-state index in [0.29, 0.717) is 41.3 Å². The molecular weight excluding hydrogens is 642 g/mol. The first-order valence-electron chi connectivity index (χ1n) is 10.9. The van der Waals surface area contributed by atoms with Gasteiger partial charge in [-0.2, -0.15) is 9.78 Å². The molecule has 0 aliphatic rings. The number of aryl methyl sites for hydroxylation is 1. The number of nitrogens with zero attached hydrogens (tertiary/aromatic N) is 3. The van der Waals surface area contributed by atoms with E-state index in [0.717, 1.165) is 31.0 Å². The fourth-order valence-electron chi connectivity index (χ4n) is 3.51. The molecule has 0 atom stereocenters. The van der Waals surface area contributed by atoms with E-state index in [1.165, 1.54) is 4.68 Å². The molecule has 180 valence electrons. The largest absolute Gasteiger partial charge is 0.493 e. The third kappa shape index (κ3) is 6.02. The Balaban J connectivity index is 1.66. The van der Waals surface area contributed by atoms with Crippen LogP contribution >= 0.6 is 47.8 Å². The van der Waals surface area contributed by atoms with Crippen LogP contribution in [0, 0.1) is 0 Å². The minimum Gasteiger partial charge on any atom is -0.493 e. The van der Waals surface area contributed by atoms with Gasteiger partial charge in [0.1, 0.15) is 12.4 Å². The fraction of sp³-hybridized carbons (Fsp3) is 0.192. The second kappa shape index (κ2) is 11.5. The van der Waals surface area contributed by atoms with Crippen LogP contribution in [0.2, 0.25) is 0 Å². The Morgan fingerprint density at radius 3 is 2.49 bits per heavy atom. The van der Waals surface area contributed by atoms with Crippen molar-refractivity contribution in [3.63, 3.8) is 0 Å². The van der Waals surface area contributed by atoms with Crippen LogP contribution in [0.5, 0.6) is 11.5 Å². The fourth-order valence-corrected chi connectivity index (χ4v) is 4.71. The van der Waals surface area contributed by atoms with Crippen molar-refractivity contribution in [3.05, 3.63) is 95.3 Å². The highest BCUT2D eigenvalue weighted by molar-refractivity contribution is 9.11. The maximum absolute atomic E-state index is 13.2. The highest BCUT2D eigenvalue weighted by Gasteiger charge is 2.13. The molecule has 0 aliphatic heterocycles. The van der Waals surface area contributed by atoms with E-state index in [1.54, 1.807) is 19.4 Å². The Morgan fingerprint density at radius 1 is 1.03 bits per heavy atom. The summed E-state index contributed by atoms with van der Waals surface area (Å²) in [5.41, 5.74) is 2.22. The average molecular weight is 664 g/mol. The van der Waals surface area contributed by atoms with Gasteiger partial charge in [0.25, 0.3) is 5.56 Å². The lowest BCUT2D eigenvalue weighted by atomic mass is 10.2. The Hall–Kier alpha value is -2.49. The van der Waals surface area contributed by atoms with E-state index in [9.17, 15) is 4.79 Å². The Kier molecular flexibility index (Phi) is 8.41. The molecule has 0 N–H and O–H groups in total. The summed E-state index contributed by atoms with van der Waals surface area (Å²) in [5.74, 6) is 1.76. The van der Waals surface area contributed by atoms with Gasteiger partial charge in [0.05, 0.1) is 28.7 Å². The van der Waals surface area contributed by atoms with Crippen LogP contribution in [0.1, 0.15) is 30.3 Å². The summed E-state index contributed by atoms with van der Waals surface area (Å²) >= 11 is 10.5. The van der Waals surface area contributed by atoms with Crippen molar-refractivity contribution in [3.8, 4) is 11.5 Å². The summed E-state index contributed by atoms with van der Waals surface area (Å²) in [6.45, 7) is 2.44. The van der Waals surface area contributed by atoms with Gasteiger partial charge in [0.15, 0.2) is 11.5 Å². The van der Waals surface area contributed by atoms with Crippen molar-refractivity contribution < 1.29 is 9.47 Å². The number of aromatic nitrogens is 2. The Morgan fingerprint density at radius 2 is 1.77 bits per heavy atom. The van der Waals surface area contributed by atoms with Gasteiger partial charge in [-0.25, -0.2) is 4.98 Å². The lowest BCUT2D eigenvalue weighted by molar-refractivity contribution is 0.282. The lowest BCUT2D eigenvalue weighted by Gasteiger charge is -2.14. The maximum atomic E-state index is 13.2. The first-order valence-corrected chi connectivity index (χ1v) is 13.3. The summed E-state index contributed by atoms with van der Waals surface area (Å²) in [5, 5.41) is 5.01. The molecule has 0 saturated heterocycles. The first kappa shape index (κ1) is 25.6. The molecule has 6 nitrogen and oxygen atoms in total. The zero-order valence-corrected chi connectivity index (χ0v) is 23.9. The van der Waals surface area contributed by atoms with Gasteiger partial charge in [-0.1, -0.05) is 50.9 Å². The highest BCUT2D eigenvalue weighted by Crippen LogP contribution is 2.37. The molecule has 0 aliphatic carbocycles. The topological polar surface area (TPSA) is 65.7 Å². The van der Waals surface area contributed by atoms with Crippen LogP contribution in [0.15, 0.2) is 77.9 Å². The van der Waals surface area contributed by atoms with Gasteiger partial charge in [0.2, 0.25) is 0 Å². The zero-order chi connectivity index (χ0) is 24.9. The summed E-state index contributed by atoms with van der Waals surface area (Å²) in [6.07, 6.45) is 3.10. The molecule has 4 aromatic rings. The molecule has 9 heteroatoms. The lowest BCUT2D eigenvalue weighted by Crippen LogP contribution is -2.22. The van der Waals surface area contributed by atoms with Crippen LogP contribution < -0.4 is 15.0 Å². The molecular formula is C26H22Br3N3O3. The number of rotatable bonds is 8. The summed E-state index contributed by atoms with van der Waals surface area (Å²) < 4.78 is 15.5. The van der Waals surface area contributed by atoms with Gasteiger partial charge in [0, 0.05) is 15.4 Å². The molecule has 1 aromatic heterocycles. The molecule has 3 aromatic carbocycles. The van der Waals surface area contributed by atoms with E-state index >= 15 is 0 Å². The van der Waals surface area contributed by atoms with Crippen LogP contribution in [0.4, 0.5) is 0 Å². The van der Waals surface area contributed by atoms with Crippen LogP contribution in [-0.2, 0) is 13.0 Å². The second-order valence-corrected chi connectivity index (χ2v) is 10.4. The average Bonchev–Trinajstić information content (AvgIpc) is 2.84. The number of benzene rings is 3.